The molecule has 0 atom stereocenters. The van der Waals surface area contributed by atoms with Gasteiger partial charge in [0.05, 0.1) is 11.9 Å². The number of carbonyl (C=O) groups is 1. The highest BCUT2D eigenvalue weighted by Crippen LogP contribution is 2.19. The molecule has 0 aliphatic heterocycles. The molecule has 3 heteroatoms. The maximum absolute atomic E-state index is 11.4. The van der Waals surface area contributed by atoms with Gasteiger partial charge >= 0.3 is 0 Å². The summed E-state index contributed by atoms with van der Waals surface area (Å²) >= 11 is 0. The third-order valence-corrected chi connectivity index (χ3v) is 2.01. The van der Waals surface area contributed by atoms with Gasteiger partial charge in [-0.25, -0.2) is 4.98 Å². The van der Waals surface area contributed by atoms with Crippen molar-refractivity contribution in [1.82, 2.24) is 9.97 Å². The van der Waals surface area contributed by atoms with Crippen LogP contribution in [0, 0.1) is 0 Å². The van der Waals surface area contributed by atoms with Crippen LogP contribution >= 0.6 is 0 Å². The lowest BCUT2D eigenvalue weighted by molar-refractivity contribution is 0.0982. The molecule has 0 saturated carbocycles. The Morgan fingerprint density at radius 3 is 2.50 bits per heavy atom. The molecule has 0 N–H and O–H groups in total. The van der Waals surface area contributed by atoms with Gasteiger partial charge in [-0.1, -0.05) is 27.7 Å². The number of Topliss-reactive ketones (excluding diaryl/α,β-unsaturated/α-hetero) is 1. The predicted octanol–water partition coefficient (Wildman–Crippen LogP) is 2.37. The molecule has 0 aliphatic carbocycles. The van der Waals surface area contributed by atoms with Gasteiger partial charge in [-0.05, 0) is 0 Å². The van der Waals surface area contributed by atoms with E-state index in [-0.39, 0.29) is 11.2 Å². The minimum absolute atomic E-state index is 0.0450. The Morgan fingerprint density at radius 1 is 1.36 bits per heavy atom. The van der Waals surface area contributed by atoms with Crippen molar-refractivity contribution in [3.05, 3.63) is 23.8 Å². The van der Waals surface area contributed by atoms with E-state index in [4.69, 9.17) is 0 Å². The normalized spacial score (nSPS) is 11.4. The molecule has 0 amide bonds. The summed E-state index contributed by atoms with van der Waals surface area (Å²) in [7, 11) is 0. The van der Waals surface area contributed by atoms with Crippen LogP contribution in [0.2, 0.25) is 0 Å². The van der Waals surface area contributed by atoms with Crippen LogP contribution in [0.15, 0.2) is 12.4 Å². The fourth-order valence-electron chi connectivity index (χ4n) is 1.04. The summed E-state index contributed by atoms with van der Waals surface area (Å²) in [6.07, 6.45) is 3.72. The SMILES string of the molecule is CCC(=O)c1cncc(C(C)(C)C)n1. The number of rotatable bonds is 2. The van der Waals surface area contributed by atoms with E-state index in [1.165, 1.54) is 6.20 Å². The van der Waals surface area contributed by atoms with Crippen molar-refractivity contribution in [2.75, 3.05) is 0 Å². The van der Waals surface area contributed by atoms with E-state index >= 15 is 0 Å². The molecular formula is C11H16N2O. The summed E-state index contributed by atoms with van der Waals surface area (Å²) in [6, 6.07) is 0. The maximum atomic E-state index is 11.4. The second-order valence-corrected chi connectivity index (χ2v) is 4.32. The maximum Gasteiger partial charge on any atom is 0.182 e. The molecular weight excluding hydrogens is 176 g/mol. The topological polar surface area (TPSA) is 42.9 Å². The first-order valence-electron chi connectivity index (χ1n) is 4.81. The Kier molecular flexibility index (Phi) is 2.99. The Morgan fingerprint density at radius 2 is 2.00 bits per heavy atom. The summed E-state index contributed by atoms with van der Waals surface area (Å²) in [4.78, 5) is 19.7. The zero-order chi connectivity index (χ0) is 10.8. The van der Waals surface area contributed by atoms with Crippen LogP contribution < -0.4 is 0 Å². The second kappa shape index (κ2) is 3.86. The molecule has 1 heterocycles. The minimum atomic E-state index is -0.0585. The average Bonchev–Trinajstić information content (AvgIpc) is 2.15. The van der Waals surface area contributed by atoms with Crippen molar-refractivity contribution in [1.29, 1.82) is 0 Å². The van der Waals surface area contributed by atoms with Gasteiger partial charge in [-0.3, -0.25) is 9.78 Å². The molecule has 1 aromatic rings. The van der Waals surface area contributed by atoms with E-state index in [1.807, 2.05) is 6.92 Å². The number of aromatic nitrogens is 2. The van der Waals surface area contributed by atoms with E-state index in [0.717, 1.165) is 5.69 Å². The first-order chi connectivity index (χ1) is 6.45. The highest BCUT2D eigenvalue weighted by atomic mass is 16.1. The highest BCUT2D eigenvalue weighted by Gasteiger charge is 2.17. The Labute approximate surface area is 84.6 Å². The Bertz CT molecular complexity index is 339. The second-order valence-electron chi connectivity index (χ2n) is 4.32. The molecule has 0 saturated heterocycles. The summed E-state index contributed by atoms with van der Waals surface area (Å²) in [6.45, 7) is 7.99. The van der Waals surface area contributed by atoms with Crippen molar-refractivity contribution in [3.63, 3.8) is 0 Å². The summed E-state index contributed by atoms with van der Waals surface area (Å²) in [5.41, 5.74) is 1.27. The summed E-state index contributed by atoms with van der Waals surface area (Å²) < 4.78 is 0. The third kappa shape index (κ3) is 2.37. The number of ketones is 1. The van der Waals surface area contributed by atoms with Gasteiger partial charge in [0.2, 0.25) is 0 Å². The van der Waals surface area contributed by atoms with Crippen molar-refractivity contribution >= 4 is 5.78 Å². The molecule has 0 bridgehead atoms. The van der Waals surface area contributed by atoms with Crippen LogP contribution in [-0.4, -0.2) is 15.8 Å². The number of hydrogen-bond acceptors (Lipinski definition) is 3. The zero-order valence-corrected chi connectivity index (χ0v) is 9.16. The van der Waals surface area contributed by atoms with Gasteiger partial charge in [0, 0.05) is 18.0 Å². The highest BCUT2D eigenvalue weighted by molar-refractivity contribution is 5.93. The van der Waals surface area contributed by atoms with E-state index in [1.54, 1.807) is 6.20 Å². The van der Waals surface area contributed by atoms with E-state index in [0.29, 0.717) is 12.1 Å². The molecule has 0 unspecified atom stereocenters. The molecule has 0 radical (unpaired) electrons. The van der Waals surface area contributed by atoms with E-state index in [9.17, 15) is 4.79 Å². The molecule has 0 aliphatic rings. The molecule has 14 heavy (non-hydrogen) atoms. The largest absolute Gasteiger partial charge is 0.292 e. The van der Waals surface area contributed by atoms with Gasteiger partial charge in [0.25, 0.3) is 0 Å². The van der Waals surface area contributed by atoms with Crippen molar-refractivity contribution in [2.24, 2.45) is 0 Å². The lowest BCUT2D eigenvalue weighted by Gasteiger charge is -2.17. The molecule has 76 valence electrons. The lowest BCUT2D eigenvalue weighted by Crippen LogP contribution is -2.16. The number of hydrogen-bond donors (Lipinski definition) is 0. The predicted molar refractivity (Wildman–Crippen MR) is 55.4 cm³/mol. The summed E-state index contributed by atoms with van der Waals surface area (Å²) in [5, 5.41) is 0. The monoisotopic (exact) mass is 192 g/mol. The fraction of sp³-hybridized carbons (Fsp3) is 0.545. The first kappa shape index (κ1) is 10.8. The molecule has 3 nitrogen and oxygen atoms in total. The molecule has 1 rings (SSSR count). The molecule has 0 fully saturated rings. The molecule has 0 spiro atoms. The van der Waals surface area contributed by atoms with E-state index < -0.39 is 0 Å². The van der Waals surface area contributed by atoms with Crippen LogP contribution in [0.3, 0.4) is 0 Å². The third-order valence-electron chi connectivity index (χ3n) is 2.01. The molecule has 1 aromatic heterocycles. The first-order valence-corrected chi connectivity index (χ1v) is 4.81. The molecule has 0 aromatic carbocycles. The Balaban J connectivity index is 3.08. The van der Waals surface area contributed by atoms with Gasteiger partial charge in [-0.2, -0.15) is 0 Å². The standard InChI is InChI=1S/C11H16N2O/c1-5-9(14)8-6-12-7-10(13-8)11(2,3)4/h6-7H,5H2,1-4H3. The minimum Gasteiger partial charge on any atom is -0.292 e. The summed E-state index contributed by atoms with van der Waals surface area (Å²) in [5.74, 6) is 0.0450. The van der Waals surface area contributed by atoms with Crippen molar-refractivity contribution in [3.8, 4) is 0 Å². The Hall–Kier alpha value is -1.25. The fourth-order valence-corrected chi connectivity index (χ4v) is 1.04. The van der Waals surface area contributed by atoms with Gasteiger partial charge in [0.1, 0.15) is 5.69 Å². The number of carbonyl (C=O) groups excluding carboxylic acids is 1. The van der Waals surface area contributed by atoms with Gasteiger partial charge in [-0.15, -0.1) is 0 Å². The van der Waals surface area contributed by atoms with Crippen LogP contribution in [0.1, 0.15) is 50.3 Å². The zero-order valence-electron chi connectivity index (χ0n) is 9.16. The number of nitrogens with zero attached hydrogens (tertiary/aromatic N) is 2. The van der Waals surface area contributed by atoms with Crippen molar-refractivity contribution in [2.45, 2.75) is 39.5 Å². The van der Waals surface area contributed by atoms with Gasteiger partial charge < -0.3 is 0 Å². The average molecular weight is 192 g/mol. The van der Waals surface area contributed by atoms with Gasteiger partial charge in [0.15, 0.2) is 5.78 Å². The van der Waals surface area contributed by atoms with Crippen LogP contribution in [-0.2, 0) is 5.41 Å². The quantitative estimate of drug-likeness (QED) is 0.675. The van der Waals surface area contributed by atoms with Crippen LogP contribution in [0.25, 0.3) is 0 Å². The van der Waals surface area contributed by atoms with Crippen LogP contribution in [0.5, 0.6) is 0 Å². The van der Waals surface area contributed by atoms with E-state index in [2.05, 4.69) is 30.7 Å². The van der Waals surface area contributed by atoms with Crippen LogP contribution in [0.4, 0.5) is 0 Å². The lowest BCUT2D eigenvalue weighted by atomic mass is 9.92. The van der Waals surface area contributed by atoms with Crippen molar-refractivity contribution < 1.29 is 4.79 Å². The smallest absolute Gasteiger partial charge is 0.182 e.